The highest BCUT2D eigenvalue weighted by Gasteiger charge is 2.36. The maximum atomic E-state index is 13.8. The van der Waals surface area contributed by atoms with Crippen molar-refractivity contribution in [1.29, 1.82) is 0 Å². The van der Waals surface area contributed by atoms with E-state index in [4.69, 9.17) is 21.1 Å². The number of rotatable bonds is 4. The second kappa shape index (κ2) is 10.5. The lowest BCUT2D eigenvalue weighted by atomic mass is 9.86. The number of carbonyl (C=O) groups is 1. The van der Waals surface area contributed by atoms with Gasteiger partial charge in [-0.05, 0) is 43.4 Å². The Morgan fingerprint density at radius 3 is 2.53 bits per heavy atom. The lowest BCUT2D eigenvalue weighted by Crippen LogP contribution is -2.55. The van der Waals surface area contributed by atoms with E-state index in [0.29, 0.717) is 24.1 Å². The Labute approximate surface area is 219 Å². The van der Waals surface area contributed by atoms with Gasteiger partial charge in [-0.2, -0.15) is 0 Å². The maximum absolute atomic E-state index is 13.8. The molecule has 2 fully saturated rings. The van der Waals surface area contributed by atoms with Crippen LogP contribution in [-0.4, -0.2) is 62.8 Å². The predicted octanol–water partition coefficient (Wildman–Crippen LogP) is 5.16. The third kappa shape index (κ3) is 4.78. The summed E-state index contributed by atoms with van der Waals surface area (Å²) in [6.45, 7) is 5.74. The predicted molar refractivity (Wildman–Crippen MR) is 144 cm³/mol. The van der Waals surface area contributed by atoms with E-state index < -0.39 is 0 Å². The Balaban J connectivity index is 1.16. The zero-order chi connectivity index (χ0) is 24.5. The smallest absolute Gasteiger partial charge is 0.230 e. The van der Waals surface area contributed by atoms with Gasteiger partial charge in [-0.3, -0.25) is 9.69 Å². The van der Waals surface area contributed by atoms with Gasteiger partial charge in [0.05, 0.1) is 5.69 Å². The number of nitrogens with zero attached hydrogens (tertiary/aromatic N) is 3. The number of carbonyl (C=O) groups excluding carboxylic acids is 1. The zero-order valence-corrected chi connectivity index (χ0v) is 21.7. The van der Waals surface area contributed by atoms with Crippen molar-refractivity contribution in [3.05, 3.63) is 47.0 Å². The fourth-order valence-electron chi connectivity index (χ4n) is 6.43. The van der Waals surface area contributed by atoms with Crippen LogP contribution < -0.4 is 19.3 Å². The fraction of sp³-hybridized carbons (Fsp3) is 0.552. The number of aryl methyl sites for hydroxylation is 1. The van der Waals surface area contributed by atoms with Crippen molar-refractivity contribution in [2.45, 2.75) is 51.0 Å². The van der Waals surface area contributed by atoms with Crippen molar-refractivity contribution in [1.82, 2.24) is 4.90 Å². The summed E-state index contributed by atoms with van der Waals surface area (Å²) in [6.07, 6.45) is 7.78. The molecular formula is C29H36ClN3O3. The molecule has 1 atom stereocenters. The summed E-state index contributed by atoms with van der Waals surface area (Å²) >= 11 is 6.40. The van der Waals surface area contributed by atoms with Crippen LogP contribution in [0.15, 0.2) is 36.4 Å². The van der Waals surface area contributed by atoms with Gasteiger partial charge in [0.2, 0.25) is 5.91 Å². The first kappa shape index (κ1) is 23.9. The van der Waals surface area contributed by atoms with Crippen LogP contribution >= 0.6 is 11.6 Å². The number of para-hydroxylation sites is 1. The summed E-state index contributed by atoms with van der Waals surface area (Å²) in [5.74, 6) is 2.09. The molecule has 0 radical (unpaired) electrons. The first-order valence-electron chi connectivity index (χ1n) is 13.6. The highest BCUT2D eigenvalue weighted by atomic mass is 35.5. The molecule has 3 heterocycles. The number of anilines is 2. The molecule has 6 rings (SSSR count). The molecule has 36 heavy (non-hydrogen) atoms. The number of ether oxygens (including phenoxy) is 2. The molecule has 4 aliphatic rings. The lowest BCUT2D eigenvalue weighted by Gasteiger charge is -2.44. The Bertz CT molecular complexity index is 1100. The van der Waals surface area contributed by atoms with Crippen LogP contribution in [0.1, 0.15) is 44.1 Å². The monoisotopic (exact) mass is 509 g/mol. The van der Waals surface area contributed by atoms with E-state index in [1.807, 2.05) is 12.1 Å². The maximum Gasteiger partial charge on any atom is 0.230 e. The normalized spacial score (nSPS) is 22.9. The number of amides is 1. The van der Waals surface area contributed by atoms with E-state index in [1.165, 1.54) is 24.8 Å². The number of halogens is 1. The van der Waals surface area contributed by atoms with Crippen LogP contribution in [0.4, 0.5) is 11.4 Å². The van der Waals surface area contributed by atoms with E-state index >= 15 is 0 Å². The Morgan fingerprint density at radius 2 is 1.69 bits per heavy atom. The minimum Gasteiger partial charge on any atom is -0.486 e. The van der Waals surface area contributed by atoms with E-state index in [-0.39, 0.29) is 12.0 Å². The minimum atomic E-state index is 0.181. The van der Waals surface area contributed by atoms with E-state index in [9.17, 15) is 4.79 Å². The van der Waals surface area contributed by atoms with Crippen LogP contribution in [0.5, 0.6) is 11.5 Å². The van der Waals surface area contributed by atoms with Gasteiger partial charge in [0, 0.05) is 61.5 Å². The van der Waals surface area contributed by atoms with Crippen molar-refractivity contribution in [2.75, 3.05) is 55.7 Å². The summed E-state index contributed by atoms with van der Waals surface area (Å²) in [6, 6.07) is 12.6. The molecule has 2 aromatic carbocycles. The first-order chi connectivity index (χ1) is 17.7. The van der Waals surface area contributed by atoms with E-state index in [2.05, 4.69) is 39.0 Å². The molecule has 1 amide bonds. The molecule has 1 saturated carbocycles. The number of hydrogen-bond donors (Lipinski definition) is 0. The van der Waals surface area contributed by atoms with Crippen molar-refractivity contribution >= 4 is 28.9 Å². The topological polar surface area (TPSA) is 45.3 Å². The number of benzene rings is 2. The highest BCUT2D eigenvalue weighted by Crippen LogP contribution is 2.43. The summed E-state index contributed by atoms with van der Waals surface area (Å²) in [5, 5.41) is 0.675. The van der Waals surface area contributed by atoms with Gasteiger partial charge in [0.25, 0.3) is 0 Å². The van der Waals surface area contributed by atoms with Gasteiger partial charge >= 0.3 is 0 Å². The second-order valence-corrected chi connectivity index (χ2v) is 11.0. The van der Waals surface area contributed by atoms with E-state index in [0.717, 1.165) is 81.3 Å². The third-order valence-electron chi connectivity index (χ3n) is 8.32. The van der Waals surface area contributed by atoms with Crippen LogP contribution in [0.25, 0.3) is 0 Å². The van der Waals surface area contributed by atoms with Crippen molar-refractivity contribution in [3.63, 3.8) is 0 Å². The number of piperazine rings is 1. The third-order valence-corrected chi connectivity index (χ3v) is 8.54. The standard InChI is InChI=1S/C29H36ClN3O3/c30-23-18-26(28-27(19-23)35-16-17-36-28)32-14-12-31(13-15-32)20-24-11-10-21-6-4-5-9-25(21)33(24)29(34)22-7-2-1-3-8-22/h4-6,9,18-19,22,24H,1-3,7-8,10-17,20H2. The van der Waals surface area contributed by atoms with Crippen LogP contribution in [0, 0.1) is 5.92 Å². The fourth-order valence-corrected chi connectivity index (χ4v) is 6.63. The second-order valence-electron chi connectivity index (χ2n) is 10.6. The minimum absolute atomic E-state index is 0.181. The molecule has 3 aliphatic heterocycles. The van der Waals surface area contributed by atoms with Gasteiger partial charge in [0.15, 0.2) is 11.5 Å². The summed E-state index contributed by atoms with van der Waals surface area (Å²) in [7, 11) is 0. The first-order valence-corrected chi connectivity index (χ1v) is 14.0. The van der Waals surface area contributed by atoms with Crippen molar-refractivity contribution in [3.8, 4) is 11.5 Å². The quantitative estimate of drug-likeness (QED) is 0.569. The molecule has 6 nitrogen and oxygen atoms in total. The van der Waals surface area contributed by atoms with Gasteiger partial charge in [-0.25, -0.2) is 0 Å². The van der Waals surface area contributed by atoms with Crippen molar-refractivity contribution in [2.24, 2.45) is 5.92 Å². The molecule has 0 spiro atoms. The number of fused-ring (bicyclic) bond motifs is 2. The highest BCUT2D eigenvalue weighted by molar-refractivity contribution is 6.31. The molecule has 1 unspecified atom stereocenters. The molecule has 0 N–H and O–H groups in total. The van der Waals surface area contributed by atoms with Crippen LogP contribution in [0.2, 0.25) is 5.02 Å². The van der Waals surface area contributed by atoms with Crippen LogP contribution in [-0.2, 0) is 11.2 Å². The lowest BCUT2D eigenvalue weighted by molar-refractivity contribution is -0.124. The summed E-state index contributed by atoms with van der Waals surface area (Å²) < 4.78 is 11.7. The van der Waals surface area contributed by atoms with Gasteiger partial charge < -0.3 is 19.3 Å². The molecule has 1 aliphatic carbocycles. The number of hydrogen-bond acceptors (Lipinski definition) is 5. The van der Waals surface area contributed by atoms with Crippen LogP contribution in [0.3, 0.4) is 0 Å². The Hall–Kier alpha value is -2.44. The Kier molecular flexibility index (Phi) is 6.98. The van der Waals surface area contributed by atoms with Gasteiger partial charge in [-0.1, -0.05) is 49.1 Å². The molecule has 7 heteroatoms. The molecule has 192 valence electrons. The SMILES string of the molecule is O=C(C1CCCCC1)N1c2ccccc2CCC1CN1CCN(c2cc(Cl)cc3c2OCCO3)CC1. The average molecular weight is 510 g/mol. The van der Waals surface area contributed by atoms with E-state index in [1.54, 1.807) is 0 Å². The summed E-state index contributed by atoms with van der Waals surface area (Å²) in [4.78, 5) is 20.9. The molecular weight excluding hydrogens is 474 g/mol. The Morgan fingerprint density at radius 1 is 0.917 bits per heavy atom. The van der Waals surface area contributed by atoms with Gasteiger partial charge in [0.1, 0.15) is 13.2 Å². The van der Waals surface area contributed by atoms with Crippen molar-refractivity contribution < 1.29 is 14.3 Å². The molecule has 1 saturated heterocycles. The van der Waals surface area contributed by atoms with Gasteiger partial charge in [-0.15, -0.1) is 0 Å². The summed E-state index contributed by atoms with van der Waals surface area (Å²) in [5.41, 5.74) is 3.49. The zero-order valence-electron chi connectivity index (χ0n) is 21.0. The molecule has 2 aromatic rings. The largest absolute Gasteiger partial charge is 0.486 e. The molecule has 0 bridgehead atoms. The molecule has 0 aromatic heterocycles. The average Bonchev–Trinajstić information content (AvgIpc) is 2.93.